The predicted molar refractivity (Wildman–Crippen MR) is 90.8 cm³/mol. The molecule has 1 aromatic heterocycles. The number of anilines is 1. The van der Waals surface area contributed by atoms with Crippen molar-refractivity contribution in [2.75, 3.05) is 18.0 Å². The van der Waals surface area contributed by atoms with Gasteiger partial charge in [0.05, 0.1) is 0 Å². The molecule has 0 radical (unpaired) electrons. The van der Waals surface area contributed by atoms with E-state index >= 15 is 0 Å². The Balaban J connectivity index is 2.17. The summed E-state index contributed by atoms with van der Waals surface area (Å²) >= 11 is 0. The zero-order valence-electron chi connectivity index (χ0n) is 14.2. The summed E-state index contributed by atoms with van der Waals surface area (Å²) in [5.41, 5.74) is 3.88. The second-order valence-corrected chi connectivity index (χ2v) is 6.73. The maximum absolute atomic E-state index is 4.52. The molecule has 0 spiro atoms. The van der Waals surface area contributed by atoms with Crippen LogP contribution in [-0.2, 0) is 6.54 Å². The van der Waals surface area contributed by atoms with Gasteiger partial charge in [-0.1, -0.05) is 20.8 Å². The highest BCUT2D eigenvalue weighted by Gasteiger charge is 2.23. The van der Waals surface area contributed by atoms with Crippen molar-refractivity contribution in [3.8, 4) is 0 Å². The molecule has 118 valence electrons. The Morgan fingerprint density at radius 2 is 2.19 bits per heavy atom. The van der Waals surface area contributed by atoms with E-state index in [1.165, 1.54) is 43.5 Å². The van der Waals surface area contributed by atoms with Crippen LogP contribution in [0.3, 0.4) is 0 Å². The molecular formula is C18H31N3. The van der Waals surface area contributed by atoms with Gasteiger partial charge in [0.25, 0.3) is 0 Å². The van der Waals surface area contributed by atoms with Gasteiger partial charge in [-0.25, -0.2) is 0 Å². The summed E-state index contributed by atoms with van der Waals surface area (Å²) in [6, 6.07) is 2.98. The lowest BCUT2D eigenvalue weighted by Gasteiger charge is -2.38. The first-order valence-corrected chi connectivity index (χ1v) is 8.54. The third-order valence-electron chi connectivity index (χ3n) is 4.37. The fourth-order valence-corrected chi connectivity index (χ4v) is 3.21. The lowest BCUT2D eigenvalue weighted by Crippen LogP contribution is -2.40. The van der Waals surface area contributed by atoms with Crippen molar-refractivity contribution >= 4 is 5.69 Å². The second-order valence-electron chi connectivity index (χ2n) is 6.73. The van der Waals surface area contributed by atoms with E-state index in [4.69, 9.17) is 0 Å². The van der Waals surface area contributed by atoms with E-state index in [0.717, 1.165) is 18.8 Å². The van der Waals surface area contributed by atoms with Crippen molar-refractivity contribution in [1.29, 1.82) is 0 Å². The number of hydrogen-bond donors (Lipinski definition) is 1. The molecule has 0 bridgehead atoms. The Bertz CT molecular complexity index is 442. The van der Waals surface area contributed by atoms with Crippen LogP contribution < -0.4 is 10.2 Å². The van der Waals surface area contributed by atoms with E-state index in [9.17, 15) is 0 Å². The van der Waals surface area contributed by atoms with E-state index in [0.29, 0.717) is 12.0 Å². The molecule has 1 N–H and O–H groups in total. The Labute approximate surface area is 130 Å². The van der Waals surface area contributed by atoms with E-state index in [-0.39, 0.29) is 0 Å². The Kier molecular flexibility index (Phi) is 6.04. The highest BCUT2D eigenvalue weighted by Crippen LogP contribution is 2.29. The van der Waals surface area contributed by atoms with Crippen molar-refractivity contribution in [2.24, 2.45) is 5.92 Å². The van der Waals surface area contributed by atoms with Crippen molar-refractivity contribution in [2.45, 2.75) is 66.0 Å². The largest absolute Gasteiger partial charge is 0.368 e. The topological polar surface area (TPSA) is 28.2 Å². The number of rotatable bonds is 6. The molecule has 0 aliphatic carbocycles. The molecule has 0 amide bonds. The smallest absolute Gasteiger partial charge is 0.0448 e. The number of aryl methyl sites for hydroxylation is 1. The van der Waals surface area contributed by atoms with Crippen LogP contribution in [0.4, 0.5) is 5.69 Å². The summed E-state index contributed by atoms with van der Waals surface area (Å²) in [6.45, 7) is 12.1. The maximum Gasteiger partial charge on any atom is 0.0448 e. The molecule has 21 heavy (non-hydrogen) atoms. The molecule has 1 saturated heterocycles. The lowest BCUT2D eigenvalue weighted by molar-refractivity contribution is 0.448. The van der Waals surface area contributed by atoms with Crippen molar-refractivity contribution < 1.29 is 0 Å². The third-order valence-corrected chi connectivity index (χ3v) is 4.37. The lowest BCUT2D eigenvalue weighted by atomic mass is 9.98. The normalized spacial score (nSPS) is 19.3. The van der Waals surface area contributed by atoms with Crippen LogP contribution in [0, 0.1) is 12.8 Å². The summed E-state index contributed by atoms with van der Waals surface area (Å²) < 4.78 is 0. The minimum Gasteiger partial charge on any atom is -0.368 e. The summed E-state index contributed by atoms with van der Waals surface area (Å²) in [6.07, 6.45) is 7.33. The van der Waals surface area contributed by atoms with Crippen molar-refractivity contribution in [1.82, 2.24) is 10.3 Å². The molecule has 3 nitrogen and oxygen atoms in total. The Hall–Kier alpha value is -1.09. The van der Waals surface area contributed by atoms with Crippen LogP contribution in [0.25, 0.3) is 0 Å². The van der Waals surface area contributed by atoms with Gasteiger partial charge < -0.3 is 10.2 Å². The number of nitrogens with one attached hydrogen (secondary N) is 1. The summed E-state index contributed by atoms with van der Waals surface area (Å²) in [5, 5.41) is 3.57. The van der Waals surface area contributed by atoms with Crippen LogP contribution >= 0.6 is 0 Å². The van der Waals surface area contributed by atoms with Crippen LogP contribution in [0.15, 0.2) is 12.3 Å². The first kappa shape index (κ1) is 16.3. The fourth-order valence-electron chi connectivity index (χ4n) is 3.21. The molecule has 2 rings (SSSR count). The Morgan fingerprint density at radius 1 is 1.38 bits per heavy atom. The van der Waals surface area contributed by atoms with Gasteiger partial charge in [0.1, 0.15) is 0 Å². The van der Waals surface area contributed by atoms with E-state index in [1.807, 2.05) is 0 Å². The van der Waals surface area contributed by atoms with Crippen molar-refractivity contribution in [3.63, 3.8) is 0 Å². The minimum atomic E-state index is 0.685. The van der Waals surface area contributed by atoms with Gasteiger partial charge >= 0.3 is 0 Å². The van der Waals surface area contributed by atoms with E-state index in [1.54, 1.807) is 0 Å². The molecule has 1 aliphatic heterocycles. The van der Waals surface area contributed by atoms with Gasteiger partial charge in [0.2, 0.25) is 0 Å². The van der Waals surface area contributed by atoms with Crippen LogP contribution in [-0.4, -0.2) is 24.1 Å². The van der Waals surface area contributed by atoms with E-state index in [2.05, 4.69) is 55.2 Å². The van der Waals surface area contributed by atoms with Gasteiger partial charge in [-0.05, 0) is 51.1 Å². The van der Waals surface area contributed by atoms with E-state index < -0.39 is 0 Å². The SMILES string of the molecule is CCC1CCCCN1c1cc(C)ncc1CNCC(C)C. The summed E-state index contributed by atoms with van der Waals surface area (Å²) in [5.74, 6) is 0.685. The van der Waals surface area contributed by atoms with Gasteiger partial charge in [0.15, 0.2) is 0 Å². The van der Waals surface area contributed by atoms with Crippen LogP contribution in [0.2, 0.25) is 0 Å². The highest BCUT2D eigenvalue weighted by molar-refractivity contribution is 5.54. The monoisotopic (exact) mass is 289 g/mol. The molecule has 0 saturated carbocycles. The third kappa shape index (κ3) is 4.44. The average Bonchev–Trinajstić information content (AvgIpc) is 2.48. The molecule has 3 heteroatoms. The van der Waals surface area contributed by atoms with Gasteiger partial charge in [0, 0.05) is 42.3 Å². The molecule has 1 aromatic rings. The van der Waals surface area contributed by atoms with Gasteiger partial charge in [-0.15, -0.1) is 0 Å². The summed E-state index contributed by atoms with van der Waals surface area (Å²) in [4.78, 5) is 7.15. The number of pyridine rings is 1. The zero-order valence-corrected chi connectivity index (χ0v) is 14.2. The Morgan fingerprint density at radius 3 is 2.90 bits per heavy atom. The quantitative estimate of drug-likeness (QED) is 0.860. The molecule has 1 unspecified atom stereocenters. The maximum atomic E-state index is 4.52. The number of aromatic nitrogens is 1. The zero-order chi connectivity index (χ0) is 15.2. The molecular weight excluding hydrogens is 258 g/mol. The first-order chi connectivity index (χ1) is 10.1. The molecule has 0 aromatic carbocycles. The molecule has 2 heterocycles. The number of hydrogen-bond acceptors (Lipinski definition) is 3. The minimum absolute atomic E-state index is 0.685. The van der Waals surface area contributed by atoms with Gasteiger partial charge in [-0.2, -0.15) is 0 Å². The molecule has 1 aliphatic rings. The van der Waals surface area contributed by atoms with Crippen LogP contribution in [0.1, 0.15) is 57.7 Å². The highest BCUT2D eigenvalue weighted by atomic mass is 15.2. The van der Waals surface area contributed by atoms with Crippen molar-refractivity contribution in [3.05, 3.63) is 23.5 Å². The number of nitrogens with zero attached hydrogens (tertiary/aromatic N) is 2. The predicted octanol–water partition coefficient (Wildman–Crippen LogP) is 3.90. The first-order valence-electron chi connectivity index (χ1n) is 8.54. The summed E-state index contributed by atoms with van der Waals surface area (Å²) in [7, 11) is 0. The molecule has 1 fully saturated rings. The van der Waals surface area contributed by atoms with Gasteiger partial charge in [-0.3, -0.25) is 4.98 Å². The molecule has 1 atom stereocenters. The van der Waals surface area contributed by atoms with Crippen LogP contribution in [0.5, 0.6) is 0 Å². The second kappa shape index (κ2) is 7.79. The fraction of sp³-hybridized carbons (Fsp3) is 0.722. The number of piperidine rings is 1. The average molecular weight is 289 g/mol. The standard InChI is InChI=1S/C18H31N3/c1-5-17-8-6-7-9-21(17)18-10-15(4)20-13-16(18)12-19-11-14(2)3/h10,13-14,17,19H,5-9,11-12H2,1-4H3.